The number of ether oxygens (including phenoxy) is 1. The van der Waals surface area contributed by atoms with Gasteiger partial charge in [-0.25, -0.2) is 4.39 Å². The molecule has 2 aromatic carbocycles. The maximum absolute atomic E-state index is 13.3. The number of methoxy groups -OCH3 is 1. The van der Waals surface area contributed by atoms with Crippen molar-refractivity contribution in [2.45, 2.75) is 19.8 Å². The maximum Gasteiger partial charge on any atom is 0.142 e. The van der Waals surface area contributed by atoms with E-state index in [2.05, 4.69) is 42.5 Å². The first-order chi connectivity index (χ1) is 11.0. The van der Waals surface area contributed by atoms with Crippen molar-refractivity contribution in [2.24, 2.45) is 0 Å². The van der Waals surface area contributed by atoms with Crippen LogP contribution in [0.3, 0.4) is 0 Å². The summed E-state index contributed by atoms with van der Waals surface area (Å²) in [5.74, 6) is 0.722. The fourth-order valence-electron chi connectivity index (χ4n) is 2.56. The molecule has 0 aromatic heterocycles. The molecule has 0 radical (unpaired) electrons. The Morgan fingerprint density at radius 3 is 2.39 bits per heavy atom. The molecular formula is C19H18FIO2. The third kappa shape index (κ3) is 3.80. The average molecular weight is 424 g/mol. The molecule has 0 aliphatic rings. The summed E-state index contributed by atoms with van der Waals surface area (Å²) in [6, 6.07) is 8.38. The molecule has 2 nitrogen and oxygen atoms in total. The standard InChI is InChI=1S/C19H18FIO2/c1-12(2)16-11-17(21)19(23-3)18(15(16)5-4-10-22)13-6-8-14(20)9-7-13/h4-12H,1-3H3/b5-4+. The van der Waals surface area contributed by atoms with E-state index in [0.717, 1.165) is 37.9 Å². The zero-order chi connectivity index (χ0) is 17.0. The van der Waals surface area contributed by atoms with Gasteiger partial charge in [0, 0.05) is 5.56 Å². The van der Waals surface area contributed by atoms with Gasteiger partial charge in [0.25, 0.3) is 0 Å². The topological polar surface area (TPSA) is 26.3 Å². The van der Waals surface area contributed by atoms with Gasteiger partial charge in [-0.2, -0.15) is 0 Å². The first-order valence-electron chi connectivity index (χ1n) is 7.27. The Morgan fingerprint density at radius 1 is 1.22 bits per heavy atom. The molecule has 2 aromatic rings. The zero-order valence-electron chi connectivity index (χ0n) is 13.3. The summed E-state index contributed by atoms with van der Waals surface area (Å²) in [5.41, 5.74) is 3.78. The number of carbonyl (C=O) groups is 1. The second-order valence-electron chi connectivity index (χ2n) is 5.43. The lowest BCUT2D eigenvalue weighted by Crippen LogP contribution is -2.01. The molecule has 0 fully saturated rings. The molecule has 0 saturated heterocycles. The first kappa shape index (κ1) is 17.7. The van der Waals surface area contributed by atoms with Crippen LogP contribution in [0.2, 0.25) is 0 Å². The van der Waals surface area contributed by atoms with E-state index in [1.54, 1.807) is 25.3 Å². The van der Waals surface area contributed by atoms with Crippen molar-refractivity contribution in [3.8, 4) is 16.9 Å². The molecule has 0 heterocycles. The van der Waals surface area contributed by atoms with Gasteiger partial charge in [-0.1, -0.05) is 32.1 Å². The highest BCUT2D eigenvalue weighted by atomic mass is 127. The number of hydrogen-bond acceptors (Lipinski definition) is 2. The molecule has 2 rings (SSSR count). The van der Waals surface area contributed by atoms with Crippen LogP contribution in [-0.2, 0) is 4.79 Å². The van der Waals surface area contributed by atoms with Gasteiger partial charge in [0.1, 0.15) is 17.9 Å². The number of benzene rings is 2. The monoisotopic (exact) mass is 424 g/mol. The molecule has 120 valence electrons. The summed E-state index contributed by atoms with van der Waals surface area (Å²) in [6.07, 6.45) is 4.02. The molecular weight excluding hydrogens is 406 g/mol. The first-order valence-corrected chi connectivity index (χ1v) is 8.35. The number of rotatable bonds is 5. The molecule has 23 heavy (non-hydrogen) atoms. The van der Waals surface area contributed by atoms with Crippen LogP contribution in [0.15, 0.2) is 36.4 Å². The number of carbonyl (C=O) groups excluding carboxylic acids is 1. The smallest absolute Gasteiger partial charge is 0.142 e. The van der Waals surface area contributed by atoms with Crippen LogP contribution >= 0.6 is 22.6 Å². The van der Waals surface area contributed by atoms with Crippen molar-refractivity contribution in [1.29, 1.82) is 0 Å². The molecule has 0 N–H and O–H groups in total. The average Bonchev–Trinajstić information content (AvgIpc) is 2.53. The minimum absolute atomic E-state index is 0.278. The van der Waals surface area contributed by atoms with Gasteiger partial charge in [0.05, 0.1) is 10.7 Å². The Labute approximate surface area is 149 Å². The Morgan fingerprint density at radius 2 is 1.87 bits per heavy atom. The molecule has 0 amide bonds. The Balaban J connectivity index is 2.85. The van der Waals surface area contributed by atoms with Crippen molar-refractivity contribution in [3.63, 3.8) is 0 Å². The zero-order valence-corrected chi connectivity index (χ0v) is 15.4. The summed E-state index contributed by atoms with van der Waals surface area (Å²) < 4.78 is 19.9. The highest BCUT2D eigenvalue weighted by molar-refractivity contribution is 14.1. The second kappa shape index (κ2) is 7.73. The molecule has 0 bridgehead atoms. The SMILES string of the molecule is COc1c(I)cc(C(C)C)c(/C=C/C=O)c1-c1ccc(F)cc1. The van der Waals surface area contributed by atoms with Crippen molar-refractivity contribution >= 4 is 35.0 Å². The van der Waals surface area contributed by atoms with E-state index < -0.39 is 0 Å². The van der Waals surface area contributed by atoms with E-state index in [4.69, 9.17) is 4.74 Å². The molecule has 0 saturated carbocycles. The quantitative estimate of drug-likeness (QED) is 0.363. The van der Waals surface area contributed by atoms with Crippen LogP contribution in [0.1, 0.15) is 30.9 Å². The van der Waals surface area contributed by atoms with Crippen molar-refractivity contribution in [1.82, 2.24) is 0 Å². The van der Waals surface area contributed by atoms with E-state index in [0.29, 0.717) is 0 Å². The minimum atomic E-state index is -0.285. The summed E-state index contributed by atoms with van der Waals surface area (Å²) in [5, 5.41) is 0. The van der Waals surface area contributed by atoms with Crippen LogP contribution in [0.5, 0.6) is 5.75 Å². The number of halogens is 2. The molecule has 0 atom stereocenters. The Hall–Kier alpha value is -1.69. The number of aldehydes is 1. The van der Waals surface area contributed by atoms with Crippen LogP contribution in [0.4, 0.5) is 4.39 Å². The fourth-order valence-corrected chi connectivity index (χ4v) is 3.39. The predicted octanol–water partition coefficient (Wildman–Crippen LogP) is 5.44. The third-order valence-corrected chi connectivity index (χ3v) is 4.41. The Bertz CT molecular complexity index is 734. The van der Waals surface area contributed by atoms with Gasteiger partial charge in [-0.15, -0.1) is 0 Å². The van der Waals surface area contributed by atoms with E-state index in [-0.39, 0.29) is 11.7 Å². The van der Waals surface area contributed by atoms with Crippen molar-refractivity contribution in [3.05, 3.63) is 56.9 Å². The highest BCUT2D eigenvalue weighted by Gasteiger charge is 2.19. The second-order valence-corrected chi connectivity index (χ2v) is 6.59. The van der Waals surface area contributed by atoms with Crippen molar-refractivity contribution < 1.29 is 13.9 Å². The molecule has 4 heteroatoms. The molecule has 0 spiro atoms. The number of allylic oxidation sites excluding steroid dienone is 1. The van der Waals surface area contributed by atoms with E-state index in [1.807, 2.05) is 0 Å². The van der Waals surface area contributed by atoms with Crippen LogP contribution in [0, 0.1) is 9.39 Å². The largest absolute Gasteiger partial charge is 0.495 e. The summed E-state index contributed by atoms with van der Waals surface area (Å²) in [7, 11) is 1.62. The molecule has 0 aliphatic carbocycles. The van der Waals surface area contributed by atoms with Gasteiger partial charge in [-0.05, 0) is 69.5 Å². The lowest BCUT2D eigenvalue weighted by Gasteiger charge is -2.20. The normalized spacial score (nSPS) is 11.2. The van der Waals surface area contributed by atoms with E-state index in [1.165, 1.54) is 18.2 Å². The van der Waals surface area contributed by atoms with Gasteiger partial charge < -0.3 is 4.74 Å². The maximum atomic E-state index is 13.3. The highest BCUT2D eigenvalue weighted by Crippen LogP contribution is 2.41. The van der Waals surface area contributed by atoms with Crippen LogP contribution in [0.25, 0.3) is 17.2 Å². The van der Waals surface area contributed by atoms with Gasteiger partial charge in [0.15, 0.2) is 0 Å². The van der Waals surface area contributed by atoms with E-state index >= 15 is 0 Å². The lowest BCUT2D eigenvalue weighted by atomic mass is 9.89. The fraction of sp³-hybridized carbons (Fsp3) is 0.211. The van der Waals surface area contributed by atoms with E-state index in [9.17, 15) is 9.18 Å². The minimum Gasteiger partial charge on any atom is -0.495 e. The number of hydrogen-bond donors (Lipinski definition) is 0. The Kier molecular flexibility index (Phi) is 5.93. The van der Waals surface area contributed by atoms with Crippen LogP contribution < -0.4 is 4.74 Å². The lowest BCUT2D eigenvalue weighted by molar-refractivity contribution is -0.104. The molecule has 0 aliphatic heterocycles. The molecule has 0 unspecified atom stereocenters. The van der Waals surface area contributed by atoms with Gasteiger partial charge in [0.2, 0.25) is 0 Å². The van der Waals surface area contributed by atoms with Gasteiger partial charge >= 0.3 is 0 Å². The summed E-state index contributed by atoms with van der Waals surface area (Å²) in [4.78, 5) is 10.8. The third-order valence-electron chi connectivity index (χ3n) is 3.61. The summed E-state index contributed by atoms with van der Waals surface area (Å²) in [6.45, 7) is 4.20. The van der Waals surface area contributed by atoms with Crippen molar-refractivity contribution in [2.75, 3.05) is 7.11 Å². The van der Waals surface area contributed by atoms with Gasteiger partial charge in [-0.3, -0.25) is 4.79 Å². The van der Waals surface area contributed by atoms with Crippen LogP contribution in [-0.4, -0.2) is 13.4 Å². The predicted molar refractivity (Wildman–Crippen MR) is 100 cm³/mol. The summed E-state index contributed by atoms with van der Waals surface area (Å²) >= 11 is 2.24.